The highest BCUT2D eigenvalue weighted by Gasteiger charge is 2.01. The summed E-state index contributed by atoms with van der Waals surface area (Å²) in [5.74, 6) is -0.216. The minimum Gasteiger partial charge on any atom is -0.356 e. The maximum atomic E-state index is 12.6. The summed E-state index contributed by atoms with van der Waals surface area (Å²) >= 11 is 0. The van der Waals surface area contributed by atoms with Gasteiger partial charge in [-0.3, -0.25) is 4.79 Å². The first-order chi connectivity index (χ1) is 8.22. The van der Waals surface area contributed by atoms with Crippen LogP contribution in [0.1, 0.15) is 24.8 Å². The molecule has 3 N–H and O–H groups in total. The van der Waals surface area contributed by atoms with Crippen molar-refractivity contribution in [1.29, 1.82) is 0 Å². The van der Waals surface area contributed by atoms with Gasteiger partial charge in [-0.05, 0) is 43.5 Å². The van der Waals surface area contributed by atoms with Gasteiger partial charge in [-0.15, -0.1) is 0 Å². The predicted octanol–water partition coefficient (Wildman–Crippen LogP) is 1.61. The lowest BCUT2D eigenvalue weighted by molar-refractivity contribution is -0.121. The molecule has 0 bridgehead atoms. The number of unbranched alkanes of at least 4 members (excludes halogenated alkanes) is 1. The van der Waals surface area contributed by atoms with Gasteiger partial charge in [-0.2, -0.15) is 0 Å². The molecular weight excluding hydrogens is 219 g/mol. The van der Waals surface area contributed by atoms with E-state index in [1.54, 1.807) is 12.1 Å². The van der Waals surface area contributed by atoms with Crippen molar-refractivity contribution in [3.63, 3.8) is 0 Å². The predicted molar refractivity (Wildman–Crippen MR) is 66.0 cm³/mol. The van der Waals surface area contributed by atoms with Crippen LogP contribution in [-0.4, -0.2) is 19.0 Å². The highest BCUT2D eigenvalue weighted by molar-refractivity contribution is 5.76. The van der Waals surface area contributed by atoms with E-state index in [-0.39, 0.29) is 11.7 Å². The fraction of sp³-hybridized carbons (Fsp3) is 0.462. The SMILES string of the molecule is NCCCCNC(=O)CCc1ccc(F)cc1. The van der Waals surface area contributed by atoms with Gasteiger partial charge < -0.3 is 11.1 Å². The van der Waals surface area contributed by atoms with Crippen LogP contribution in [0, 0.1) is 5.82 Å². The molecule has 0 saturated heterocycles. The summed E-state index contributed by atoms with van der Waals surface area (Å²) in [6, 6.07) is 6.23. The van der Waals surface area contributed by atoms with Crippen LogP contribution in [0.2, 0.25) is 0 Å². The lowest BCUT2D eigenvalue weighted by atomic mass is 10.1. The van der Waals surface area contributed by atoms with Crippen molar-refractivity contribution >= 4 is 5.91 Å². The van der Waals surface area contributed by atoms with Crippen LogP contribution >= 0.6 is 0 Å². The molecule has 0 fully saturated rings. The van der Waals surface area contributed by atoms with E-state index in [1.807, 2.05) is 0 Å². The molecule has 0 atom stereocenters. The van der Waals surface area contributed by atoms with E-state index in [2.05, 4.69) is 5.32 Å². The van der Waals surface area contributed by atoms with Crippen molar-refractivity contribution in [3.05, 3.63) is 35.6 Å². The number of benzene rings is 1. The molecule has 0 aliphatic rings. The first-order valence-electron chi connectivity index (χ1n) is 5.93. The molecule has 1 aromatic carbocycles. The second-order valence-corrected chi connectivity index (χ2v) is 3.97. The molecule has 1 rings (SSSR count). The Morgan fingerprint density at radius 3 is 2.59 bits per heavy atom. The largest absolute Gasteiger partial charge is 0.356 e. The molecule has 0 aromatic heterocycles. The standard InChI is InChI=1S/C13H19FN2O/c14-12-6-3-11(4-7-12)5-8-13(17)16-10-2-1-9-15/h3-4,6-7H,1-2,5,8-10,15H2,(H,16,17). The lowest BCUT2D eigenvalue weighted by Crippen LogP contribution is -2.25. The maximum absolute atomic E-state index is 12.6. The van der Waals surface area contributed by atoms with Crippen molar-refractivity contribution < 1.29 is 9.18 Å². The van der Waals surface area contributed by atoms with Gasteiger partial charge in [0.1, 0.15) is 5.82 Å². The monoisotopic (exact) mass is 238 g/mol. The maximum Gasteiger partial charge on any atom is 0.220 e. The molecule has 17 heavy (non-hydrogen) atoms. The number of hydrogen-bond acceptors (Lipinski definition) is 2. The van der Waals surface area contributed by atoms with Gasteiger partial charge in [0.2, 0.25) is 5.91 Å². The molecule has 0 aliphatic heterocycles. The Labute approximate surface area is 101 Å². The molecule has 0 spiro atoms. The van der Waals surface area contributed by atoms with Gasteiger partial charge in [-0.25, -0.2) is 4.39 Å². The van der Waals surface area contributed by atoms with E-state index in [4.69, 9.17) is 5.73 Å². The van der Waals surface area contributed by atoms with Crippen molar-refractivity contribution in [3.8, 4) is 0 Å². The van der Waals surface area contributed by atoms with Crippen molar-refractivity contribution in [2.75, 3.05) is 13.1 Å². The Balaban J connectivity index is 2.17. The number of carbonyl (C=O) groups excluding carboxylic acids is 1. The summed E-state index contributed by atoms with van der Waals surface area (Å²) in [6.45, 7) is 1.34. The molecule has 0 unspecified atom stereocenters. The Hall–Kier alpha value is -1.42. The quantitative estimate of drug-likeness (QED) is 0.709. The summed E-state index contributed by atoms with van der Waals surface area (Å²) in [4.78, 5) is 11.4. The Morgan fingerprint density at radius 2 is 1.94 bits per heavy atom. The highest BCUT2D eigenvalue weighted by atomic mass is 19.1. The molecule has 0 aliphatic carbocycles. The molecule has 4 heteroatoms. The summed E-state index contributed by atoms with van der Waals surface area (Å²) < 4.78 is 12.6. The zero-order valence-corrected chi connectivity index (χ0v) is 9.92. The normalized spacial score (nSPS) is 10.2. The number of hydrogen-bond donors (Lipinski definition) is 2. The molecule has 94 valence electrons. The summed E-state index contributed by atoms with van der Waals surface area (Å²) in [6.07, 6.45) is 2.92. The van der Waals surface area contributed by atoms with E-state index in [9.17, 15) is 9.18 Å². The summed E-state index contributed by atoms with van der Waals surface area (Å²) in [5, 5.41) is 2.83. The van der Waals surface area contributed by atoms with E-state index in [0.717, 1.165) is 18.4 Å². The van der Waals surface area contributed by atoms with Gasteiger partial charge in [0, 0.05) is 13.0 Å². The summed E-state index contributed by atoms with van der Waals surface area (Å²) in [5.41, 5.74) is 6.32. The van der Waals surface area contributed by atoms with Crippen LogP contribution in [0.15, 0.2) is 24.3 Å². The van der Waals surface area contributed by atoms with E-state index in [1.165, 1.54) is 12.1 Å². The number of aryl methyl sites for hydroxylation is 1. The van der Waals surface area contributed by atoms with Crippen LogP contribution in [0.4, 0.5) is 4.39 Å². The Kier molecular flexibility index (Phi) is 6.25. The second-order valence-electron chi connectivity index (χ2n) is 3.97. The lowest BCUT2D eigenvalue weighted by Gasteiger charge is -2.04. The van der Waals surface area contributed by atoms with Crippen LogP contribution in [0.5, 0.6) is 0 Å². The first-order valence-corrected chi connectivity index (χ1v) is 5.93. The smallest absolute Gasteiger partial charge is 0.220 e. The average Bonchev–Trinajstić information content (AvgIpc) is 2.34. The average molecular weight is 238 g/mol. The zero-order valence-electron chi connectivity index (χ0n) is 9.92. The second kappa shape index (κ2) is 7.79. The molecule has 0 radical (unpaired) electrons. The van der Waals surface area contributed by atoms with Gasteiger partial charge in [-0.1, -0.05) is 12.1 Å². The molecule has 1 aromatic rings. The molecule has 0 saturated carbocycles. The van der Waals surface area contributed by atoms with Crippen LogP contribution in [0.3, 0.4) is 0 Å². The Bertz CT molecular complexity index is 338. The Morgan fingerprint density at radius 1 is 1.24 bits per heavy atom. The van der Waals surface area contributed by atoms with E-state index in [0.29, 0.717) is 25.9 Å². The molecule has 3 nitrogen and oxygen atoms in total. The van der Waals surface area contributed by atoms with Crippen LogP contribution < -0.4 is 11.1 Å². The minimum atomic E-state index is -0.250. The number of rotatable bonds is 7. The van der Waals surface area contributed by atoms with Gasteiger partial charge in [0.25, 0.3) is 0 Å². The minimum absolute atomic E-state index is 0.0337. The number of halogens is 1. The number of nitrogens with one attached hydrogen (secondary N) is 1. The highest BCUT2D eigenvalue weighted by Crippen LogP contribution is 2.05. The van der Waals surface area contributed by atoms with Crippen molar-refractivity contribution in [2.45, 2.75) is 25.7 Å². The van der Waals surface area contributed by atoms with Gasteiger partial charge >= 0.3 is 0 Å². The molecule has 1 amide bonds. The third-order valence-corrected chi connectivity index (χ3v) is 2.51. The van der Waals surface area contributed by atoms with Gasteiger partial charge in [0.15, 0.2) is 0 Å². The molecule has 0 heterocycles. The topological polar surface area (TPSA) is 55.1 Å². The third kappa shape index (κ3) is 6.02. The first kappa shape index (κ1) is 13.6. The number of carbonyl (C=O) groups is 1. The fourth-order valence-electron chi connectivity index (χ4n) is 1.49. The fourth-order valence-corrected chi connectivity index (χ4v) is 1.49. The zero-order chi connectivity index (χ0) is 12.5. The van der Waals surface area contributed by atoms with Crippen molar-refractivity contribution in [2.24, 2.45) is 5.73 Å². The van der Waals surface area contributed by atoms with Crippen LogP contribution in [-0.2, 0) is 11.2 Å². The summed E-state index contributed by atoms with van der Waals surface area (Å²) in [7, 11) is 0. The molecular formula is C13H19FN2O. The van der Waals surface area contributed by atoms with Crippen LogP contribution in [0.25, 0.3) is 0 Å². The van der Waals surface area contributed by atoms with E-state index < -0.39 is 0 Å². The number of nitrogens with two attached hydrogens (primary N) is 1. The van der Waals surface area contributed by atoms with Gasteiger partial charge in [0.05, 0.1) is 0 Å². The van der Waals surface area contributed by atoms with E-state index >= 15 is 0 Å². The van der Waals surface area contributed by atoms with Crippen molar-refractivity contribution in [1.82, 2.24) is 5.32 Å². The number of amides is 1. The third-order valence-electron chi connectivity index (χ3n) is 2.51.